The lowest BCUT2D eigenvalue weighted by Crippen LogP contribution is -2.06. The molecule has 1 heterocycles. The van der Waals surface area contributed by atoms with Crippen LogP contribution in [0.15, 0.2) is 0 Å². The average Bonchev–Trinajstić information content (AvgIpc) is 2.20. The zero-order valence-electron chi connectivity index (χ0n) is 10.1. The maximum atomic E-state index is 4.67. The van der Waals surface area contributed by atoms with Crippen LogP contribution in [0.3, 0.4) is 0 Å². The Morgan fingerprint density at radius 2 is 1.43 bits per heavy atom. The summed E-state index contributed by atoms with van der Waals surface area (Å²) >= 11 is 0. The first-order valence-electron chi connectivity index (χ1n) is 5.63. The van der Waals surface area contributed by atoms with Crippen molar-refractivity contribution in [3.8, 4) is 0 Å². The molecule has 0 bridgehead atoms. The van der Waals surface area contributed by atoms with Gasteiger partial charge in [-0.3, -0.25) is 4.98 Å². The number of hydrogen-bond donors (Lipinski definition) is 0. The molecule has 1 rings (SSSR count). The summed E-state index contributed by atoms with van der Waals surface area (Å²) in [6.45, 7) is 11.0. The van der Waals surface area contributed by atoms with Gasteiger partial charge < -0.3 is 0 Å². The zero-order chi connectivity index (χ0) is 10.7. The van der Waals surface area contributed by atoms with Crippen molar-refractivity contribution in [2.24, 2.45) is 0 Å². The SMILES string of the molecule is CCc1nc(C)c(C)c(CC)c1CC. The molecule has 1 aromatic rings. The molecular weight excluding hydrogens is 170 g/mol. The summed E-state index contributed by atoms with van der Waals surface area (Å²) in [4.78, 5) is 4.67. The van der Waals surface area contributed by atoms with Crippen molar-refractivity contribution < 1.29 is 0 Å². The van der Waals surface area contributed by atoms with Crippen LogP contribution in [-0.4, -0.2) is 4.98 Å². The van der Waals surface area contributed by atoms with Gasteiger partial charge >= 0.3 is 0 Å². The Hall–Kier alpha value is -0.850. The smallest absolute Gasteiger partial charge is 0.0438 e. The quantitative estimate of drug-likeness (QED) is 0.713. The summed E-state index contributed by atoms with van der Waals surface area (Å²) in [5.41, 5.74) is 6.90. The number of rotatable bonds is 3. The molecule has 14 heavy (non-hydrogen) atoms. The van der Waals surface area contributed by atoms with Crippen molar-refractivity contribution in [3.63, 3.8) is 0 Å². The minimum atomic E-state index is 1.05. The van der Waals surface area contributed by atoms with E-state index in [-0.39, 0.29) is 0 Å². The first-order valence-corrected chi connectivity index (χ1v) is 5.63. The summed E-state index contributed by atoms with van der Waals surface area (Å²) in [6, 6.07) is 0. The predicted octanol–water partition coefficient (Wildman–Crippen LogP) is 3.39. The van der Waals surface area contributed by atoms with Crippen molar-refractivity contribution >= 4 is 0 Å². The van der Waals surface area contributed by atoms with Gasteiger partial charge in [-0.05, 0) is 49.8 Å². The Morgan fingerprint density at radius 1 is 0.857 bits per heavy atom. The molecule has 0 aliphatic rings. The number of nitrogens with zero attached hydrogens (tertiary/aromatic N) is 1. The van der Waals surface area contributed by atoms with Gasteiger partial charge in [-0.2, -0.15) is 0 Å². The summed E-state index contributed by atoms with van der Waals surface area (Å²) in [5, 5.41) is 0. The molecular formula is C13H21N. The fourth-order valence-electron chi connectivity index (χ4n) is 2.16. The van der Waals surface area contributed by atoms with Crippen LogP contribution in [0, 0.1) is 13.8 Å². The second kappa shape index (κ2) is 4.59. The molecule has 0 aromatic carbocycles. The van der Waals surface area contributed by atoms with Crippen LogP contribution >= 0.6 is 0 Å². The van der Waals surface area contributed by atoms with Gasteiger partial charge in [0, 0.05) is 11.4 Å². The summed E-state index contributed by atoms with van der Waals surface area (Å²) in [7, 11) is 0. The molecule has 0 atom stereocenters. The van der Waals surface area contributed by atoms with Gasteiger partial charge in [-0.25, -0.2) is 0 Å². The highest BCUT2D eigenvalue weighted by atomic mass is 14.7. The summed E-state index contributed by atoms with van der Waals surface area (Å²) in [5.74, 6) is 0. The van der Waals surface area contributed by atoms with Crippen molar-refractivity contribution in [3.05, 3.63) is 28.1 Å². The second-order valence-electron chi connectivity index (χ2n) is 3.79. The van der Waals surface area contributed by atoms with Crippen LogP contribution in [0.1, 0.15) is 48.8 Å². The minimum Gasteiger partial charge on any atom is -0.258 e. The molecule has 0 aliphatic heterocycles. The number of hydrogen-bond acceptors (Lipinski definition) is 1. The van der Waals surface area contributed by atoms with Crippen molar-refractivity contribution in [1.29, 1.82) is 0 Å². The molecule has 0 fully saturated rings. The normalized spacial score (nSPS) is 10.6. The summed E-state index contributed by atoms with van der Waals surface area (Å²) in [6.07, 6.45) is 3.29. The third kappa shape index (κ3) is 1.82. The van der Waals surface area contributed by atoms with E-state index in [0.29, 0.717) is 0 Å². The zero-order valence-corrected chi connectivity index (χ0v) is 10.1. The van der Waals surface area contributed by atoms with Gasteiger partial charge in [0.05, 0.1) is 0 Å². The van der Waals surface area contributed by atoms with E-state index in [4.69, 9.17) is 0 Å². The topological polar surface area (TPSA) is 12.9 Å². The lowest BCUT2D eigenvalue weighted by molar-refractivity contribution is 0.893. The lowest BCUT2D eigenvalue weighted by Gasteiger charge is -2.15. The van der Waals surface area contributed by atoms with E-state index in [1.165, 1.54) is 28.1 Å². The minimum absolute atomic E-state index is 1.05. The molecule has 0 amide bonds. The summed E-state index contributed by atoms with van der Waals surface area (Å²) < 4.78 is 0. The van der Waals surface area contributed by atoms with E-state index in [1.54, 1.807) is 0 Å². The Kier molecular flexibility index (Phi) is 3.68. The fraction of sp³-hybridized carbons (Fsp3) is 0.615. The Bertz CT molecular complexity index is 326. The highest BCUT2D eigenvalue weighted by Crippen LogP contribution is 2.21. The predicted molar refractivity (Wildman–Crippen MR) is 61.8 cm³/mol. The molecule has 0 saturated carbocycles. The van der Waals surface area contributed by atoms with Crippen LogP contribution in [-0.2, 0) is 19.3 Å². The van der Waals surface area contributed by atoms with E-state index in [0.717, 1.165) is 19.3 Å². The maximum absolute atomic E-state index is 4.67. The molecule has 0 spiro atoms. The van der Waals surface area contributed by atoms with Gasteiger partial charge in [0.25, 0.3) is 0 Å². The van der Waals surface area contributed by atoms with Crippen LogP contribution in [0.25, 0.3) is 0 Å². The van der Waals surface area contributed by atoms with E-state index >= 15 is 0 Å². The fourth-order valence-corrected chi connectivity index (χ4v) is 2.16. The standard InChI is InChI=1S/C13H21N/c1-6-11-9(4)10(5)14-13(8-3)12(11)7-2/h6-8H2,1-5H3. The number of aryl methyl sites for hydroxylation is 2. The maximum Gasteiger partial charge on any atom is 0.0438 e. The van der Waals surface area contributed by atoms with Crippen LogP contribution in [0.5, 0.6) is 0 Å². The van der Waals surface area contributed by atoms with Gasteiger partial charge in [0.15, 0.2) is 0 Å². The van der Waals surface area contributed by atoms with E-state index < -0.39 is 0 Å². The van der Waals surface area contributed by atoms with Gasteiger partial charge in [0.1, 0.15) is 0 Å². The van der Waals surface area contributed by atoms with E-state index in [2.05, 4.69) is 39.6 Å². The van der Waals surface area contributed by atoms with Crippen molar-refractivity contribution in [2.45, 2.75) is 53.9 Å². The van der Waals surface area contributed by atoms with Crippen LogP contribution < -0.4 is 0 Å². The van der Waals surface area contributed by atoms with Crippen molar-refractivity contribution in [1.82, 2.24) is 4.98 Å². The second-order valence-corrected chi connectivity index (χ2v) is 3.79. The largest absolute Gasteiger partial charge is 0.258 e. The highest BCUT2D eigenvalue weighted by Gasteiger charge is 2.10. The first kappa shape index (κ1) is 11.2. The molecule has 1 aromatic heterocycles. The Morgan fingerprint density at radius 3 is 1.86 bits per heavy atom. The first-order chi connectivity index (χ1) is 6.65. The van der Waals surface area contributed by atoms with E-state index in [1.807, 2.05) is 0 Å². The molecule has 0 unspecified atom stereocenters. The Balaban J connectivity index is 3.42. The monoisotopic (exact) mass is 191 g/mol. The van der Waals surface area contributed by atoms with Gasteiger partial charge in [0.2, 0.25) is 0 Å². The number of aromatic nitrogens is 1. The molecule has 0 aliphatic carbocycles. The molecule has 0 saturated heterocycles. The van der Waals surface area contributed by atoms with Gasteiger partial charge in [-0.15, -0.1) is 0 Å². The lowest BCUT2D eigenvalue weighted by atomic mass is 9.95. The van der Waals surface area contributed by atoms with Crippen molar-refractivity contribution in [2.75, 3.05) is 0 Å². The molecule has 0 radical (unpaired) electrons. The number of pyridine rings is 1. The Labute approximate surface area is 87.6 Å². The van der Waals surface area contributed by atoms with Gasteiger partial charge in [-0.1, -0.05) is 20.8 Å². The molecule has 78 valence electrons. The van der Waals surface area contributed by atoms with Crippen LogP contribution in [0.2, 0.25) is 0 Å². The highest BCUT2D eigenvalue weighted by molar-refractivity contribution is 5.39. The third-order valence-electron chi connectivity index (χ3n) is 3.05. The molecule has 1 nitrogen and oxygen atoms in total. The third-order valence-corrected chi connectivity index (χ3v) is 3.05. The van der Waals surface area contributed by atoms with E-state index in [9.17, 15) is 0 Å². The van der Waals surface area contributed by atoms with Crippen LogP contribution in [0.4, 0.5) is 0 Å². The molecule has 1 heteroatoms. The molecule has 0 N–H and O–H groups in total. The average molecular weight is 191 g/mol.